The summed E-state index contributed by atoms with van der Waals surface area (Å²) in [5.74, 6) is 0. The molecule has 2 N–H and O–H groups in total. The molecule has 0 aliphatic heterocycles. The quantitative estimate of drug-likeness (QED) is 0.595. The lowest BCUT2D eigenvalue weighted by Crippen LogP contribution is -2.32. The van der Waals surface area contributed by atoms with E-state index in [2.05, 4.69) is 23.7 Å². The molecule has 2 aromatic carbocycles. The van der Waals surface area contributed by atoms with Crippen molar-refractivity contribution in [2.45, 2.75) is 25.5 Å². The molecule has 5 heteroatoms. The number of thiophene rings is 1. The van der Waals surface area contributed by atoms with E-state index in [1.807, 2.05) is 30.3 Å². The molecule has 0 radical (unpaired) electrons. The Bertz CT molecular complexity index is 833. The van der Waals surface area contributed by atoms with Crippen LogP contribution in [0.3, 0.4) is 0 Å². The number of halogens is 2. The van der Waals surface area contributed by atoms with Gasteiger partial charge in [-0.2, -0.15) is 0 Å². The molecule has 0 aliphatic carbocycles. The van der Waals surface area contributed by atoms with Crippen LogP contribution in [0, 0.1) is 0 Å². The van der Waals surface area contributed by atoms with Gasteiger partial charge in [0.1, 0.15) is 0 Å². The van der Waals surface area contributed by atoms with Gasteiger partial charge in [0, 0.05) is 27.3 Å². The molecular weight excluding hydrogens is 361 g/mol. The highest BCUT2D eigenvalue weighted by Gasteiger charge is 2.12. The fourth-order valence-corrected chi connectivity index (χ4v) is 4.21. The Morgan fingerprint density at radius 3 is 2.71 bits per heavy atom. The molecule has 1 heterocycles. The second-order valence-electron chi connectivity index (χ2n) is 5.99. The number of aliphatic hydroxyl groups excluding tert-OH is 1. The van der Waals surface area contributed by atoms with Gasteiger partial charge in [-0.05, 0) is 59.5 Å². The standard InChI is InChI=1S/C19H19Cl2NOS/c1-12(22-10-18(23)13-3-2-4-15(20)8-13)7-14-11-24-19-9-16(21)5-6-17(14)19/h2-6,8-9,11-12,18,22-23H,7,10H2,1H3. The first-order valence-electron chi connectivity index (χ1n) is 7.85. The second kappa shape index (κ2) is 7.85. The van der Waals surface area contributed by atoms with Crippen molar-refractivity contribution >= 4 is 44.6 Å². The number of fused-ring (bicyclic) bond motifs is 1. The molecule has 0 saturated heterocycles. The number of hydrogen-bond acceptors (Lipinski definition) is 3. The molecule has 3 rings (SSSR count). The van der Waals surface area contributed by atoms with E-state index >= 15 is 0 Å². The summed E-state index contributed by atoms with van der Waals surface area (Å²) >= 11 is 13.7. The third kappa shape index (κ3) is 4.29. The van der Waals surface area contributed by atoms with E-state index in [4.69, 9.17) is 23.2 Å². The van der Waals surface area contributed by atoms with Gasteiger partial charge in [0.2, 0.25) is 0 Å². The maximum absolute atomic E-state index is 10.3. The molecule has 1 aromatic heterocycles. The summed E-state index contributed by atoms with van der Waals surface area (Å²) in [6.07, 6.45) is 0.341. The average molecular weight is 380 g/mol. The normalized spacial score (nSPS) is 14.0. The first-order chi connectivity index (χ1) is 11.5. The summed E-state index contributed by atoms with van der Waals surface area (Å²) in [7, 11) is 0. The van der Waals surface area contributed by atoms with Crippen molar-refractivity contribution in [3.05, 3.63) is 69.0 Å². The molecule has 2 unspecified atom stereocenters. The van der Waals surface area contributed by atoms with Crippen molar-refractivity contribution in [1.29, 1.82) is 0 Å². The number of benzene rings is 2. The van der Waals surface area contributed by atoms with E-state index < -0.39 is 6.10 Å². The lowest BCUT2D eigenvalue weighted by molar-refractivity contribution is 0.170. The highest BCUT2D eigenvalue weighted by Crippen LogP contribution is 2.29. The fourth-order valence-electron chi connectivity index (χ4n) is 2.76. The zero-order chi connectivity index (χ0) is 17.1. The van der Waals surface area contributed by atoms with Crippen LogP contribution < -0.4 is 5.32 Å². The third-order valence-electron chi connectivity index (χ3n) is 4.04. The maximum atomic E-state index is 10.3. The second-order valence-corrected chi connectivity index (χ2v) is 7.77. The molecular formula is C19H19Cl2NOS. The fraction of sp³-hybridized carbons (Fsp3) is 0.263. The summed E-state index contributed by atoms with van der Waals surface area (Å²) < 4.78 is 1.21. The van der Waals surface area contributed by atoms with Gasteiger partial charge in [-0.25, -0.2) is 0 Å². The molecule has 2 atom stereocenters. The Hall–Kier alpha value is -1.10. The van der Waals surface area contributed by atoms with E-state index in [-0.39, 0.29) is 6.04 Å². The van der Waals surface area contributed by atoms with Gasteiger partial charge < -0.3 is 10.4 Å². The predicted octanol–water partition coefficient (Wildman–Crippen LogP) is 5.46. The molecule has 126 valence electrons. The molecule has 0 spiro atoms. The zero-order valence-electron chi connectivity index (χ0n) is 13.3. The summed E-state index contributed by atoms with van der Waals surface area (Å²) in [6, 6.07) is 13.6. The van der Waals surface area contributed by atoms with Crippen molar-refractivity contribution < 1.29 is 5.11 Å². The summed E-state index contributed by atoms with van der Waals surface area (Å²) in [6.45, 7) is 2.62. The Balaban J connectivity index is 1.60. The molecule has 3 aromatic rings. The van der Waals surface area contributed by atoms with Gasteiger partial charge in [-0.3, -0.25) is 0 Å². The van der Waals surface area contributed by atoms with Crippen LogP contribution in [0.4, 0.5) is 0 Å². The van der Waals surface area contributed by atoms with Crippen LogP contribution in [0.15, 0.2) is 47.8 Å². The largest absolute Gasteiger partial charge is 0.387 e. The SMILES string of the molecule is CC(Cc1csc2cc(Cl)ccc12)NCC(O)c1cccc(Cl)c1. The highest BCUT2D eigenvalue weighted by atomic mass is 35.5. The lowest BCUT2D eigenvalue weighted by Gasteiger charge is -2.17. The Kier molecular flexibility index (Phi) is 5.80. The number of aliphatic hydroxyl groups is 1. The number of nitrogens with one attached hydrogen (secondary N) is 1. The molecule has 0 saturated carbocycles. The van der Waals surface area contributed by atoms with Gasteiger partial charge >= 0.3 is 0 Å². The summed E-state index contributed by atoms with van der Waals surface area (Å²) in [5, 5.41) is 18.5. The lowest BCUT2D eigenvalue weighted by atomic mass is 10.1. The smallest absolute Gasteiger partial charge is 0.0914 e. The molecule has 0 bridgehead atoms. The maximum Gasteiger partial charge on any atom is 0.0914 e. The van der Waals surface area contributed by atoms with Crippen LogP contribution in [-0.2, 0) is 6.42 Å². The topological polar surface area (TPSA) is 32.3 Å². The van der Waals surface area contributed by atoms with Crippen molar-refractivity contribution in [3.63, 3.8) is 0 Å². The van der Waals surface area contributed by atoms with Crippen molar-refractivity contribution in [1.82, 2.24) is 5.32 Å². The number of rotatable bonds is 6. The first-order valence-corrected chi connectivity index (χ1v) is 9.49. The Labute approximate surface area is 156 Å². The van der Waals surface area contributed by atoms with Gasteiger partial charge in [0.25, 0.3) is 0 Å². The van der Waals surface area contributed by atoms with Gasteiger partial charge in [0.05, 0.1) is 6.10 Å². The van der Waals surface area contributed by atoms with Crippen LogP contribution in [0.25, 0.3) is 10.1 Å². The minimum absolute atomic E-state index is 0.257. The number of hydrogen-bond donors (Lipinski definition) is 2. The van der Waals surface area contributed by atoms with Crippen LogP contribution >= 0.6 is 34.5 Å². The predicted molar refractivity (Wildman–Crippen MR) is 104 cm³/mol. The summed E-state index contributed by atoms with van der Waals surface area (Å²) in [4.78, 5) is 0. The molecule has 0 amide bonds. The van der Waals surface area contributed by atoms with E-state index in [1.165, 1.54) is 15.6 Å². The third-order valence-corrected chi connectivity index (χ3v) is 5.50. The Morgan fingerprint density at radius 1 is 1.12 bits per heavy atom. The van der Waals surface area contributed by atoms with Crippen LogP contribution in [0.2, 0.25) is 10.0 Å². The van der Waals surface area contributed by atoms with Crippen LogP contribution in [0.1, 0.15) is 24.2 Å². The minimum Gasteiger partial charge on any atom is -0.387 e. The van der Waals surface area contributed by atoms with Crippen LogP contribution in [-0.4, -0.2) is 17.7 Å². The van der Waals surface area contributed by atoms with Gasteiger partial charge in [-0.15, -0.1) is 11.3 Å². The van der Waals surface area contributed by atoms with Crippen molar-refractivity contribution in [2.75, 3.05) is 6.54 Å². The van der Waals surface area contributed by atoms with E-state index in [0.717, 1.165) is 17.0 Å². The zero-order valence-corrected chi connectivity index (χ0v) is 15.6. The van der Waals surface area contributed by atoms with Crippen LogP contribution in [0.5, 0.6) is 0 Å². The van der Waals surface area contributed by atoms with Gasteiger partial charge in [-0.1, -0.05) is 41.4 Å². The average Bonchev–Trinajstić information content (AvgIpc) is 2.94. The Morgan fingerprint density at radius 2 is 1.92 bits per heavy atom. The highest BCUT2D eigenvalue weighted by molar-refractivity contribution is 7.17. The molecule has 0 fully saturated rings. The van der Waals surface area contributed by atoms with E-state index in [0.29, 0.717) is 11.6 Å². The monoisotopic (exact) mass is 379 g/mol. The molecule has 24 heavy (non-hydrogen) atoms. The van der Waals surface area contributed by atoms with Gasteiger partial charge in [0.15, 0.2) is 0 Å². The van der Waals surface area contributed by atoms with Crippen molar-refractivity contribution in [2.24, 2.45) is 0 Å². The van der Waals surface area contributed by atoms with E-state index in [9.17, 15) is 5.11 Å². The first kappa shape index (κ1) is 17.7. The van der Waals surface area contributed by atoms with E-state index in [1.54, 1.807) is 17.4 Å². The summed E-state index contributed by atoms with van der Waals surface area (Å²) in [5.41, 5.74) is 2.14. The minimum atomic E-state index is -0.566. The van der Waals surface area contributed by atoms with Crippen molar-refractivity contribution in [3.8, 4) is 0 Å². The molecule has 0 aliphatic rings. The molecule has 2 nitrogen and oxygen atoms in total.